The van der Waals surface area contributed by atoms with Crippen molar-refractivity contribution in [1.29, 1.82) is 0 Å². The van der Waals surface area contributed by atoms with Crippen LogP contribution in [0.1, 0.15) is 68.9 Å². The summed E-state index contributed by atoms with van der Waals surface area (Å²) in [4.78, 5) is 0. The summed E-state index contributed by atoms with van der Waals surface area (Å²) in [6.45, 7) is 6.20. The Bertz CT molecular complexity index is 366. The molecule has 1 aromatic rings. The van der Waals surface area contributed by atoms with Crippen LogP contribution in [0.5, 0.6) is 0 Å². The van der Waals surface area contributed by atoms with Crippen LogP contribution in [0.4, 0.5) is 0 Å². The zero-order valence-corrected chi connectivity index (χ0v) is 12.4. The minimum absolute atomic E-state index is 0.768. The highest BCUT2D eigenvalue weighted by atomic mass is 14.2. The molecule has 104 valence electrons. The van der Waals surface area contributed by atoms with Crippen molar-refractivity contribution in [3.05, 3.63) is 48.0 Å². The molecule has 0 aliphatic heterocycles. The predicted octanol–water partition coefficient (Wildman–Crippen LogP) is 5.88. The minimum Gasteiger partial charge on any atom is -0.103 e. The van der Waals surface area contributed by atoms with E-state index in [9.17, 15) is 0 Å². The molecule has 0 heteroatoms. The Hall–Kier alpha value is -1.04. The molecule has 1 fully saturated rings. The molecule has 0 saturated heterocycles. The lowest BCUT2D eigenvalue weighted by Crippen LogP contribution is -2.11. The number of allylic oxidation sites excluding steroid dienone is 1. The van der Waals surface area contributed by atoms with Gasteiger partial charge < -0.3 is 0 Å². The van der Waals surface area contributed by atoms with Gasteiger partial charge in [-0.3, -0.25) is 0 Å². The first-order valence-electron chi connectivity index (χ1n) is 8.05. The summed E-state index contributed by atoms with van der Waals surface area (Å²) in [5.74, 6) is 1.56. The Morgan fingerprint density at radius 3 is 2.32 bits per heavy atom. The number of hydrogen-bond donors (Lipinski definition) is 0. The molecule has 0 nitrogen and oxygen atoms in total. The van der Waals surface area contributed by atoms with Crippen molar-refractivity contribution in [1.82, 2.24) is 0 Å². The maximum atomic E-state index is 3.93. The second kappa shape index (κ2) is 7.53. The van der Waals surface area contributed by atoms with Gasteiger partial charge in [-0.2, -0.15) is 0 Å². The van der Waals surface area contributed by atoms with E-state index in [2.05, 4.69) is 43.8 Å². The summed E-state index contributed by atoms with van der Waals surface area (Å²) in [5.41, 5.74) is 3.07. The van der Waals surface area contributed by atoms with Crippen LogP contribution in [0.3, 0.4) is 0 Å². The monoisotopic (exact) mass is 256 g/mol. The average Bonchev–Trinajstić information content (AvgIpc) is 2.48. The van der Waals surface area contributed by atoms with E-state index < -0.39 is 0 Å². The first-order valence-corrected chi connectivity index (χ1v) is 8.05. The number of benzene rings is 1. The van der Waals surface area contributed by atoms with Gasteiger partial charge in [-0.25, -0.2) is 0 Å². The van der Waals surface area contributed by atoms with Gasteiger partial charge in [-0.05, 0) is 61.5 Å². The number of hydrogen-bond acceptors (Lipinski definition) is 0. The van der Waals surface area contributed by atoms with Gasteiger partial charge in [0.2, 0.25) is 0 Å². The van der Waals surface area contributed by atoms with Gasteiger partial charge in [-0.15, -0.1) is 6.58 Å². The van der Waals surface area contributed by atoms with E-state index in [1.54, 1.807) is 5.56 Å². The van der Waals surface area contributed by atoms with Crippen LogP contribution in [0.25, 0.3) is 0 Å². The van der Waals surface area contributed by atoms with Crippen molar-refractivity contribution in [3.63, 3.8) is 0 Å². The maximum Gasteiger partial charge on any atom is -0.0162 e. The zero-order valence-electron chi connectivity index (χ0n) is 12.4. The Labute approximate surface area is 118 Å². The van der Waals surface area contributed by atoms with Crippen LogP contribution < -0.4 is 0 Å². The highest BCUT2D eigenvalue weighted by Crippen LogP contribution is 2.36. The standard InChI is InChI=1S/C19H28/c1-3-5-6-7-17-10-14-19(15-11-17)18-12-8-16(4-2)9-13-18/h4,10-11,14-16,18H,2-3,5-9,12-13H2,1H3. The molecule has 1 aliphatic rings. The average molecular weight is 256 g/mol. The Morgan fingerprint density at radius 1 is 1.05 bits per heavy atom. The fourth-order valence-corrected chi connectivity index (χ4v) is 3.22. The van der Waals surface area contributed by atoms with Crippen LogP contribution in [0.2, 0.25) is 0 Å². The summed E-state index contributed by atoms with van der Waals surface area (Å²) < 4.78 is 0. The van der Waals surface area contributed by atoms with E-state index in [-0.39, 0.29) is 0 Å². The quantitative estimate of drug-likeness (QED) is 0.440. The van der Waals surface area contributed by atoms with Crippen molar-refractivity contribution >= 4 is 0 Å². The maximum absolute atomic E-state index is 3.93. The van der Waals surface area contributed by atoms with Crippen LogP contribution in [-0.2, 0) is 6.42 Å². The summed E-state index contributed by atoms with van der Waals surface area (Å²) in [6.07, 6.45) is 12.7. The first kappa shape index (κ1) is 14.4. The van der Waals surface area contributed by atoms with E-state index in [1.807, 2.05) is 0 Å². The molecule has 0 unspecified atom stereocenters. The molecule has 0 aromatic heterocycles. The molecule has 0 spiro atoms. The number of rotatable bonds is 6. The number of unbranched alkanes of at least 4 members (excludes halogenated alkanes) is 2. The lowest BCUT2D eigenvalue weighted by molar-refractivity contribution is 0.376. The van der Waals surface area contributed by atoms with Crippen molar-refractivity contribution in [2.45, 2.75) is 64.2 Å². The summed E-state index contributed by atoms with van der Waals surface area (Å²) in [6, 6.07) is 9.45. The molecule has 1 aliphatic carbocycles. The fourth-order valence-electron chi connectivity index (χ4n) is 3.22. The second-order valence-electron chi connectivity index (χ2n) is 6.05. The minimum atomic E-state index is 0.768. The normalized spacial score (nSPS) is 23.2. The van der Waals surface area contributed by atoms with Crippen molar-refractivity contribution < 1.29 is 0 Å². The summed E-state index contributed by atoms with van der Waals surface area (Å²) >= 11 is 0. The third-order valence-corrected chi connectivity index (χ3v) is 4.63. The lowest BCUT2D eigenvalue weighted by atomic mass is 9.78. The SMILES string of the molecule is C=CC1CCC(c2ccc(CCCCC)cc2)CC1. The van der Waals surface area contributed by atoms with Crippen LogP contribution in [-0.4, -0.2) is 0 Å². The molecule has 0 amide bonds. The van der Waals surface area contributed by atoms with Gasteiger partial charge >= 0.3 is 0 Å². The smallest absolute Gasteiger partial charge is 0.0162 e. The van der Waals surface area contributed by atoms with Gasteiger partial charge in [0.05, 0.1) is 0 Å². The molecule has 0 bridgehead atoms. The Balaban J connectivity index is 1.86. The molecular formula is C19H28. The highest BCUT2D eigenvalue weighted by molar-refractivity contribution is 5.26. The number of aryl methyl sites for hydroxylation is 1. The Kier molecular flexibility index (Phi) is 5.69. The summed E-state index contributed by atoms with van der Waals surface area (Å²) in [7, 11) is 0. The van der Waals surface area contributed by atoms with Crippen molar-refractivity contribution in [2.75, 3.05) is 0 Å². The fraction of sp³-hybridized carbons (Fsp3) is 0.579. The molecule has 0 atom stereocenters. The third-order valence-electron chi connectivity index (χ3n) is 4.63. The third kappa shape index (κ3) is 4.23. The van der Waals surface area contributed by atoms with Crippen molar-refractivity contribution in [3.8, 4) is 0 Å². The van der Waals surface area contributed by atoms with E-state index >= 15 is 0 Å². The van der Waals surface area contributed by atoms with Crippen LogP contribution in [0.15, 0.2) is 36.9 Å². The topological polar surface area (TPSA) is 0 Å². The Morgan fingerprint density at radius 2 is 1.74 bits per heavy atom. The van der Waals surface area contributed by atoms with Crippen LogP contribution >= 0.6 is 0 Å². The van der Waals surface area contributed by atoms with Gasteiger partial charge in [0.25, 0.3) is 0 Å². The van der Waals surface area contributed by atoms with E-state index in [0.29, 0.717) is 0 Å². The molecule has 0 heterocycles. The van der Waals surface area contributed by atoms with E-state index in [4.69, 9.17) is 0 Å². The van der Waals surface area contributed by atoms with Gasteiger partial charge in [0, 0.05) is 0 Å². The zero-order chi connectivity index (χ0) is 13.5. The molecule has 0 radical (unpaired) electrons. The van der Waals surface area contributed by atoms with E-state index in [1.165, 1.54) is 56.9 Å². The predicted molar refractivity (Wildman–Crippen MR) is 84.6 cm³/mol. The van der Waals surface area contributed by atoms with Gasteiger partial charge in [0.15, 0.2) is 0 Å². The highest BCUT2D eigenvalue weighted by Gasteiger charge is 2.20. The van der Waals surface area contributed by atoms with Gasteiger partial charge in [-0.1, -0.05) is 50.1 Å². The lowest BCUT2D eigenvalue weighted by Gasteiger charge is -2.27. The second-order valence-corrected chi connectivity index (χ2v) is 6.05. The molecular weight excluding hydrogens is 228 g/mol. The van der Waals surface area contributed by atoms with E-state index in [0.717, 1.165) is 11.8 Å². The molecule has 2 rings (SSSR count). The molecule has 1 saturated carbocycles. The largest absolute Gasteiger partial charge is 0.103 e. The molecule has 0 N–H and O–H groups in total. The molecule has 19 heavy (non-hydrogen) atoms. The van der Waals surface area contributed by atoms with Gasteiger partial charge in [0.1, 0.15) is 0 Å². The summed E-state index contributed by atoms with van der Waals surface area (Å²) in [5, 5.41) is 0. The first-order chi connectivity index (χ1) is 9.33. The van der Waals surface area contributed by atoms with Crippen LogP contribution in [0, 0.1) is 5.92 Å². The molecule has 1 aromatic carbocycles. The van der Waals surface area contributed by atoms with Crippen molar-refractivity contribution in [2.24, 2.45) is 5.92 Å².